The number of nitrogens with zero attached hydrogens (tertiary/aromatic N) is 2. The highest BCUT2D eigenvalue weighted by molar-refractivity contribution is 14.1. The number of halogens is 3. The maximum atomic E-state index is 6.12. The molecule has 0 atom stereocenters. The Labute approximate surface area is 124 Å². The van der Waals surface area contributed by atoms with Crippen LogP contribution in [0.4, 0.5) is 0 Å². The van der Waals surface area contributed by atoms with Crippen LogP contribution in [-0.2, 0) is 6.42 Å². The SMILES string of the molecule is CCc1nc(-c2ccccc2Cl)nc(Cl)c1I. The summed E-state index contributed by atoms with van der Waals surface area (Å²) in [5.41, 5.74) is 1.75. The molecule has 0 saturated carbocycles. The highest BCUT2D eigenvalue weighted by Gasteiger charge is 2.12. The molecule has 0 aliphatic heterocycles. The first kappa shape index (κ1) is 13.1. The molecule has 0 fully saturated rings. The normalized spacial score (nSPS) is 10.6. The lowest BCUT2D eigenvalue weighted by atomic mass is 10.2. The highest BCUT2D eigenvalue weighted by Crippen LogP contribution is 2.28. The Bertz CT molecular complexity index is 558. The fourth-order valence-electron chi connectivity index (χ4n) is 1.46. The van der Waals surface area contributed by atoms with Crippen LogP contribution in [0.1, 0.15) is 12.6 Å². The molecule has 0 N–H and O–H groups in total. The Hall–Kier alpha value is -0.390. The van der Waals surface area contributed by atoms with Gasteiger partial charge < -0.3 is 0 Å². The van der Waals surface area contributed by atoms with E-state index in [9.17, 15) is 0 Å². The third kappa shape index (κ3) is 2.72. The zero-order valence-corrected chi connectivity index (χ0v) is 12.7. The van der Waals surface area contributed by atoms with E-state index in [4.69, 9.17) is 23.2 Å². The molecule has 2 rings (SSSR count). The van der Waals surface area contributed by atoms with Gasteiger partial charge >= 0.3 is 0 Å². The number of aromatic nitrogens is 2. The molecule has 0 radical (unpaired) electrons. The van der Waals surface area contributed by atoms with Crippen LogP contribution in [0, 0.1) is 3.57 Å². The Morgan fingerprint density at radius 1 is 1.18 bits per heavy atom. The van der Waals surface area contributed by atoms with Crippen molar-refractivity contribution >= 4 is 45.8 Å². The van der Waals surface area contributed by atoms with Crippen molar-refractivity contribution < 1.29 is 0 Å². The van der Waals surface area contributed by atoms with Crippen LogP contribution < -0.4 is 0 Å². The molecule has 0 aliphatic carbocycles. The molecule has 0 aliphatic rings. The van der Waals surface area contributed by atoms with E-state index in [2.05, 4.69) is 32.6 Å². The van der Waals surface area contributed by atoms with Crippen LogP contribution in [0.2, 0.25) is 10.2 Å². The molecule has 17 heavy (non-hydrogen) atoms. The molecule has 88 valence electrons. The van der Waals surface area contributed by atoms with Crippen LogP contribution in [0.15, 0.2) is 24.3 Å². The van der Waals surface area contributed by atoms with Crippen LogP contribution in [0.25, 0.3) is 11.4 Å². The molecule has 1 aromatic heterocycles. The summed E-state index contributed by atoms with van der Waals surface area (Å²) in [7, 11) is 0. The second-order valence-electron chi connectivity index (χ2n) is 3.43. The first-order valence-corrected chi connectivity index (χ1v) is 6.93. The van der Waals surface area contributed by atoms with Gasteiger partial charge in [0.05, 0.1) is 14.3 Å². The zero-order chi connectivity index (χ0) is 12.4. The van der Waals surface area contributed by atoms with E-state index in [1.807, 2.05) is 31.2 Å². The van der Waals surface area contributed by atoms with E-state index in [1.54, 1.807) is 0 Å². The lowest BCUT2D eigenvalue weighted by molar-refractivity contribution is 0.989. The summed E-state index contributed by atoms with van der Waals surface area (Å²) in [4.78, 5) is 8.77. The summed E-state index contributed by atoms with van der Waals surface area (Å²) in [5.74, 6) is 0.581. The molecule has 1 aromatic carbocycles. The van der Waals surface area contributed by atoms with E-state index in [1.165, 1.54) is 0 Å². The maximum absolute atomic E-state index is 6.12. The van der Waals surface area contributed by atoms with Gasteiger partial charge in [0, 0.05) is 5.56 Å². The van der Waals surface area contributed by atoms with Crippen LogP contribution in [0.5, 0.6) is 0 Å². The van der Waals surface area contributed by atoms with E-state index < -0.39 is 0 Å². The Morgan fingerprint density at radius 2 is 1.88 bits per heavy atom. The zero-order valence-electron chi connectivity index (χ0n) is 9.04. The summed E-state index contributed by atoms with van der Waals surface area (Å²) in [5, 5.41) is 1.11. The second-order valence-corrected chi connectivity index (χ2v) is 5.28. The lowest BCUT2D eigenvalue weighted by Crippen LogP contribution is -1.99. The van der Waals surface area contributed by atoms with Crippen LogP contribution >= 0.6 is 45.8 Å². The maximum Gasteiger partial charge on any atom is 0.162 e. The second kappa shape index (κ2) is 5.50. The third-order valence-corrected chi connectivity index (χ3v) is 4.38. The molecule has 0 spiro atoms. The van der Waals surface area contributed by atoms with Crippen molar-refractivity contribution in [3.8, 4) is 11.4 Å². The molecular formula is C12H9Cl2IN2. The smallest absolute Gasteiger partial charge is 0.162 e. The van der Waals surface area contributed by atoms with Crippen LogP contribution in [-0.4, -0.2) is 9.97 Å². The molecule has 0 bridgehead atoms. The molecule has 2 aromatic rings. The Kier molecular flexibility index (Phi) is 4.22. The fourth-order valence-corrected chi connectivity index (χ4v) is 2.49. The van der Waals surface area contributed by atoms with E-state index in [-0.39, 0.29) is 0 Å². The van der Waals surface area contributed by atoms with Crippen LogP contribution in [0.3, 0.4) is 0 Å². The summed E-state index contributed by atoms with van der Waals surface area (Å²) >= 11 is 14.4. The minimum Gasteiger partial charge on any atom is -0.232 e. The minimum atomic E-state index is 0.479. The number of rotatable bonds is 2. The van der Waals surface area contributed by atoms with E-state index >= 15 is 0 Å². The predicted octanol–water partition coefficient (Wildman–Crippen LogP) is 4.62. The minimum absolute atomic E-state index is 0.479. The van der Waals surface area contributed by atoms with Gasteiger partial charge in [-0.3, -0.25) is 0 Å². The molecule has 0 saturated heterocycles. The van der Waals surface area contributed by atoms with Gasteiger partial charge in [-0.1, -0.05) is 42.3 Å². The molecule has 0 unspecified atom stereocenters. The standard InChI is InChI=1S/C12H9Cl2IN2/c1-2-9-10(15)11(14)17-12(16-9)7-5-3-4-6-8(7)13/h3-6H,2H2,1H3. The fraction of sp³-hybridized carbons (Fsp3) is 0.167. The molecular weight excluding hydrogens is 370 g/mol. The van der Waals surface area contributed by atoms with Crippen molar-refractivity contribution in [3.63, 3.8) is 0 Å². The van der Waals surface area contributed by atoms with E-state index in [0.29, 0.717) is 16.0 Å². The number of hydrogen-bond acceptors (Lipinski definition) is 2. The van der Waals surface area contributed by atoms with Gasteiger partial charge in [-0.05, 0) is 41.1 Å². The van der Waals surface area contributed by atoms with Crippen molar-refractivity contribution in [2.24, 2.45) is 0 Å². The molecule has 1 heterocycles. The number of benzene rings is 1. The first-order chi connectivity index (χ1) is 8.13. The van der Waals surface area contributed by atoms with Gasteiger partial charge in [0.1, 0.15) is 5.15 Å². The number of hydrogen-bond donors (Lipinski definition) is 0. The quantitative estimate of drug-likeness (QED) is 0.563. The molecule has 0 amide bonds. The summed E-state index contributed by atoms with van der Waals surface area (Å²) < 4.78 is 0.905. The average Bonchev–Trinajstić information content (AvgIpc) is 2.33. The van der Waals surface area contributed by atoms with Gasteiger partial charge in [0.2, 0.25) is 0 Å². The van der Waals surface area contributed by atoms with Crippen molar-refractivity contribution in [1.29, 1.82) is 0 Å². The third-order valence-electron chi connectivity index (χ3n) is 2.33. The van der Waals surface area contributed by atoms with E-state index in [0.717, 1.165) is 21.2 Å². The number of aryl methyl sites for hydroxylation is 1. The largest absolute Gasteiger partial charge is 0.232 e. The molecule has 2 nitrogen and oxygen atoms in total. The predicted molar refractivity (Wildman–Crippen MR) is 79.6 cm³/mol. The topological polar surface area (TPSA) is 25.8 Å². The van der Waals surface area contributed by atoms with Gasteiger partial charge in [-0.2, -0.15) is 0 Å². The summed E-state index contributed by atoms with van der Waals surface area (Å²) in [6.07, 6.45) is 0.817. The highest BCUT2D eigenvalue weighted by atomic mass is 127. The van der Waals surface area contributed by atoms with Crippen molar-refractivity contribution in [2.75, 3.05) is 0 Å². The van der Waals surface area contributed by atoms with Gasteiger partial charge in [-0.15, -0.1) is 0 Å². The van der Waals surface area contributed by atoms with Gasteiger partial charge in [-0.25, -0.2) is 9.97 Å². The van der Waals surface area contributed by atoms with Crippen molar-refractivity contribution in [2.45, 2.75) is 13.3 Å². The molecule has 5 heteroatoms. The lowest BCUT2D eigenvalue weighted by Gasteiger charge is -2.07. The first-order valence-electron chi connectivity index (χ1n) is 5.10. The van der Waals surface area contributed by atoms with Gasteiger partial charge in [0.15, 0.2) is 5.82 Å². The van der Waals surface area contributed by atoms with Crippen molar-refractivity contribution in [1.82, 2.24) is 9.97 Å². The summed E-state index contributed by atoms with van der Waals surface area (Å²) in [6, 6.07) is 7.49. The van der Waals surface area contributed by atoms with Crippen molar-refractivity contribution in [3.05, 3.63) is 43.7 Å². The Morgan fingerprint density at radius 3 is 2.53 bits per heavy atom. The van der Waals surface area contributed by atoms with Gasteiger partial charge in [0.25, 0.3) is 0 Å². The monoisotopic (exact) mass is 378 g/mol. The average molecular weight is 379 g/mol. The Balaban J connectivity index is 2.61. The summed E-state index contributed by atoms with van der Waals surface area (Å²) in [6.45, 7) is 2.04.